The van der Waals surface area contributed by atoms with Crippen LogP contribution in [0.5, 0.6) is 11.5 Å². The van der Waals surface area contributed by atoms with Crippen molar-refractivity contribution >= 4 is 17.2 Å². The van der Waals surface area contributed by atoms with Gasteiger partial charge in [0.15, 0.2) is 0 Å². The van der Waals surface area contributed by atoms with Gasteiger partial charge in [0.05, 0.1) is 20.1 Å². The highest BCUT2D eigenvalue weighted by Gasteiger charge is 2.51. The number of Topliss-reactive ketones (excluding diaryl/α,β-unsaturated/α-hetero) is 1. The van der Waals surface area contributed by atoms with Crippen molar-refractivity contribution in [1.82, 2.24) is 0 Å². The summed E-state index contributed by atoms with van der Waals surface area (Å²) in [7, 11) is 3.18. The van der Waals surface area contributed by atoms with Crippen molar-refractivity contribution in [2.75, 3.05) is 24.9 Å². The van der Waals surface area contributed by atoms with Gasteiger partial charge in [-0.25, -0.2) is 4.39 Å². The van der Waals surface area contributed by atoms with Gasteiger partial charge >= 0.3 is 0 Å². The minimum Gasteiger partial charge on any atom is -0.497 e. The number of carbonyl (C=O) groups is 1. The van der Waals surface area contributed by atoms with Gasteiger partial charge in [-0.1, -0.05) is 37.3 Å². The fourth-order valence-electron chi connectivity index (χ4n) is 4.46. The predicted octanol–water partition coefficient (Wildman–Crippen LogP) is 5.60. The molecule has 0 fully saturated rings. The van der Waals surface area contributed by atoms with E-state index in [0.29, 0.717) is 23.6 Å². The van der Waals surface area contributed by atoms with E-state index in [1.165, 1.54) is 12.1 Å². The van der Waals surface area contributed by atoms with Crippen molar-refractivity contribution in [3.63, 3.8) is 0 Å². The van der Waals surface area contributed by atoms with Crippen LogP contribution in [0.25, 0.3) is 0 Å². The van der Waals surface area contributed by atoms with E-state index in [2.05, 4.69) is 10.6 Å². The molecule has 2 atom stereocenters. The molecule has 2 unspecified atom stereocenters. The van der Waals surface area contributed by atoms with Crippen molar-refractivity contribution in [2.24, 2.45) is 0 Å². The maximum atomic E-state index is 13.8. The normalized spacial score (nSPS) is 19.1. The quantitative estimate of drug-likeness (QED) is 0.507. The molecule has 0 radical (unpaired) electrons. The van der Waals surface area contributed by atoms with E-state index < -0.39 is 11.6 Å². The third-order valence-electron chi connectivity index (χ3n) is 6.03. The topological polar surface area (TPSA) is 59.6 Å². The zero-order valence-corrected chi connectivity index (χ0v) is 18.7. The average Bonchev–Trinajstić information content (AvgIpc) is 3.14. The molecule has 3 aromatic rings. The number of benzene rings is 3. The second-order valence-electron chi connectivity index (χ2n) is 7.96. The zero-order chi connectivity index (χ0) is 22.9. The van der Waals surface area contributed by atoms with Crippen LogP contribution in [-0.4, -0.2) is 20.0 Å². The molecule has 0 saturated carbocycles. The van der Waals surface area contributed by atoms with E-state index in [4.69, 9.17) is 9.47 Å². The lowest BCUT2D eigenvalue weighted by molar-refractivity contribution is -0.121. The smallest absolute Gasteiger partial charge is 0.149 e. The van der Waals surface area contributed by atoms with Gasteiger partial charge < -0.3 is 20.1 Å². The molecule has 0 bridgehead atoms. The van der Waals surface area contributed by atoms with Crippen LogP contribution in [0.15, 0.2) is 60.7 Å². The number of fused-ring (bicyclic) bond motifs is 1. The van der Waals surface area contributed by atoms with Gasteiger partial charge in [-0.05, 0) is 35.7 Å². The molecule has 2 N–H and O–H groups in total. The lowest BCUT2D eigenvalue weighted by Crippen LogP contribution is -2.47. The molecule has 166 valence electrons. The molecule has 0 saturated heterocycles. The maximum Gasteiger partial charge on any atom is 0.149 e. The summed E-state index contributed by atoms with van der Waals surface area (Å²) < 4.78 is 24.7. The summed E-state index contributed by atoms with van der Waals surface area (Å²) in [6.45, 7) is 3.87. The Morgan fingerprint density at radius 3 is 2.31 bits per heavy atom. The van der Waals surface area contributed by atoms with Crippen LogP contribution in [0.4, 0.5) is 15.8 Å². The van der Waals surface area contributed by atoms with E-state index >= 15 is 0 Å². The van der Waals surface area contributed by atoms with Crippen molar-refractivity contribution < 1.29 is 18.7 Å². The number of ketones is 1. The highest BCUT2D eigenvalue weighted by Crippen LogP contribution is 2.51. The summed E-state index contributed by atoms with van der Waals surface area (Å²) in [5.41, 5.74) is 3.30. The number of hydrogen-bond acceptors (Lipinski definition) is 5. The second kappa shape index (κ2) is 8.54. The summed E-state index contributed by atoms with van der Waals surface area (Å²) in [5, 5.41) is 7.17. The number of hydrogen-bond donors (Lipinski definition) is 2. The molecule has 3 aromatic carbocycles. The minimum atomic E-state index is -1.02. The predicted molar refractivity (Wildman–Crippen MR) is 124 cm³/mol. The fourth-order valence-corrected chi connectivity index (χ4v) is 4.46. The Morgan fingerprint density at radius 1 is 1.06 bits per heavy atom. The fraction of sp³-hybridized carbons (Fsp3) is 0.269. The van der Waals surface area contributed by atoms with Crippen LogP contribution >= 0.6 is 0 Å². The number of ether oxygens (including phenoxy) is 2. The lowest BCUT2D eigenvalue weighted by Gasteiger charge is -2.38. The van der Waals surface area contributed by atoms with Crippen molar-refractivity contribution in [3.8, 4) is 11.5 Å². The van der Waals surface area contributed by atoms with Crippen LogP contribution in [0.1, 0.15) is 36.0 Å². The number of aryl methyl sites for hydroxylation is 1. The Bertz CT molecular complexity index is 1120. The van der Waals surface area contributed by atoms with E-state index in [1.54, 1.807) is 32.4 Å². The van der Waals surface area contributed by atoms with Crippen molar-refractivity contribution in [3.05, 3.63) is 83.2 Å². The van der Waals surface area contributed by atoms with Gasteiger partial charge in [0.2, 0.25) is 0 Å². The van der Waals surface area contributed by atoms with E-state index in [-0.39, 0.29) is 11.6 Å². The number of anilines is 2. The highest BCUT2D eigenvalue weighted by molar-refractivity contribution is 5.93. The minimum absolute atomic E-state index is 0.0773. The molecule has 0 aromatic heterocycles. The number of methoxy groups -OCH3 is 2. The van der Waals surface area contributed by atoms with Crippen LogP contribution in [-0.2, 0) is 10.5 Å². The molecule has 1 heterocycles. The molecule has 0 amide bonds. The van der Waals surface area contributed by atoms with E-state index in [9.17, 15) is 9.18 Å². The third-order valence-corrected chi connectivity index (χ3v) is 6.03. The van der Waals surface area contributed by atoms with Gasteiger partial charge in [0.1, 0.15) is 28.8 Å². The number of para-hydroxylation sites is 1. The molecule has 6 heteroatoms. The summed E-state index contributed by atoms with van der Waals surface area (Å²) >= 11 is 0. The standard InChI is InChI=1S/C26H27FN2O3/c1-5-23(30)24-22-8-6-7-16(2)25(22)29-26(24,17-9-11-18(27)12-10-17)28-19-13-20(31-3)15-21(14-19)32-4/h6-15,24,28-29H,5H2,1-4H3. The Morgan fingerprint density at radius 2 is 1.72 bits per heavy atom. The molecule has 1 aliphatic rings. The van der Waals surface area contributed by atoms with Crippen LogP contribution in [0.2, 0.25) is 0 Å². The molecule has 0 spiro atoms. The molecule has 32 heavy (non-hydrogen) atoms. The van der Waals surface area contributed by atoms with Crippen LogP contribution < -0.4 is 20.1 Å². The van der Waals surface area contributed by atoms with Crippen molar-refractivity contribution in [1.29, 1.82) is 0 Å². The van der Waals surface area contributed by atoms with Gasteiger partial charge in [0.25, 0.3) is 0 Å². The third kappa shape index (κ3) is 3.66. The first-order valence-corrected chi connectivity index (χ1v) is 10.6. The van der Waals surface area contributed by atoms with Gasteiger partial charge in [-0.2, -0.15) is 0 Å². The summed E-state index contributed by atoms with van der Waals surface area (Å²) in [6, 6.07) is 17.7. The summed E-state index contributed by atoms with van der Waals surface area (Å²) in [5.74, 6) is 0.452. The van der Waals surface area contributed by atoms with Gasteiger partial charge in [-0.3, -0.25) is 4.79 Å². The summed E-state index contributed by atoms with van der Waals surface area (Å²) in [6.07, 6.45) is 0.367. The van der Waals surface area contributed by atoms with Crippen LogP contribution in [0.3, 0.4) is 0 Å². The number of carbonyl (C=O) groups excluding carboxylic acids is 1. The van der Waals surface area contributed by atoms with Crippen LogP contribution in [0, 0.1) is 12.7 Å². The Balaban J connectivity index is 1.94. The maximum absolute atomic E-state index is 13.8. The van der Waals surface area contributed by atoms with Gasteiger partial charge in [-0.15, -0.1) is 0 Å². The number of nitrogens with one attached hydrogen (secondary N) is 2. The SMILES string of the molecule is CCC(=O)C1c2cccc(C)c2NC1(Nc1cc(OC)cc(OC)c1)c1ccc(F)cc1. The average molecular weight is 435 g/mol. The first-order valence-electron chi connectivity index (χ1n) is 10.6. The Kier molecular flexibility index (Phi) is 5.78. The molecule has 5 nitrogen and oxygen atoms in total. The molecule has 0 aliphatic carbocycles. The largest absolute Gasteiger partial charge is 0.497 e. The van der Waals surface area contributed by atoms with Crippen molar-refractivity contribution in [2.45, 2.75) is 31.8 Å². The molecular formula is C26H27FN2O3. The first-order chi connectivity index (χ1) is 15.4. The summed E-state index contributed by atoms with van der Waals surface area (Å²) in [4.78, 5) is 13.4. The Labute approximate surface area is 187 Å². The monoisotopic (exact) mass is 434 g/mol. The highest BCUT2D eigenvalue weighted by atomic mass is 19.1. The zero-order valence-electron chi connectivity index (χ0n) is 18.7. The van der Waals surface area contributed by atoms with Gasteiger partial charge in [0, 0.05) is 36.0 Å². The Hall–Kier alpha value is -3.54. The van der Waals surface area contributed by atoms with E-state index in [1.807, 2.05) is 44.2 Å². The molecular weight excluding hydrogens is 407 g/mol. The molecule has 4 rings (SSSR count). The molecule has 1 aliphatic heterocycles. The second-order valence-corrected chi connectivity index (χ2v) is 7.96. The first kappa shape index (κ1) is 21.7. The lowest BCUT2D eigenvalue weighted by atomic mass is 9.80. The van der Waals surface area contributed by atoms with E-state index in [0.717, 1.165) is 22.4 Å². The number of halogens is 1. The number of rotatable bonds is 7.